The smallest absolute Gasteiger partial charge is 0.243 e. The van der Waals surface area contributed by atoms with E-state index in [1.165, 1.54) is 4.31 Å². The van der Waals surface area contributed by atoms with Crippen LogP contribution in [0.25, 0.3) is 0 Å². The molecule has 1 saturated heterocycles. The van der Waals surface area contributed by atoms with Crippen LogP contribution in [0.5, 0.6) is 5.75 Å². The first-order chi connectivity index (χ1) is 14.3. The van der Waals surface area contributed by atoms with E-state index in [2.05, 4.69) is 4.99 Å². The van der Waals surface area contributed by atoms with Crippen molar-refractivity contribution in [2.75, 3.05) is 19.7 Å². The minimum Gasteiger partial charge on any atom is -0.494 e. The SMILES string of the molecule is CCOc1ccc(S(=O)(=O)N2CCC(C(=O)n3ccccc3=NC(C)C)CC2)cc1. The summed E-state index contributed by atoms with van der Waals surface area (Å²) >= 11 is 0. The summed E-state index contributed by atoms with van der Waals surface area (Å²) in [5.74, 6) is 0.377. The number of aromatic nitrogens is 1. The molecule has 0 spiro atoms. The van der Waals surface area contributed by atoms with Crippen LogP contribution in [0.15, 0.2) is 58.5 Å². The lowest BCUT2D eigenvalue weighted by Crippen LogP contribution is -2.42. The molecule has 0 radical (unpaired) electrons. The van der Waals surface area contributed by atoms with Crippen molar-refractivity contribution >= 4 is 15.9 Å². The molecular formula is C22H29N3O4S. The van der Waals surface area contributed by atoms with Crippen LogP contribution in [-0.4, -0.2) is 48.9 Å². The fourth-order valence-corrected chi connectivity index (χ4v) is 5.02. The molecule has 0 saturated carbocycles. The van der Waals surface area contributed by atoms with E-state index >= 15 is 0 Å². The van der Waals surface area contributed by atoms with Crippen molar-refractivity contribution in [1.82, 2.24) is 8.87 Å². The number of hydrogen-bond donors (Lipinski definition) is 0. The first-order valence-corrected chi connectivity index (χ1v) is 11.8. The molecule has 2 heterocycles. The largest absolute Gasteiger partial charge is 0.494 e. The van der Waals surface area contributed by atoms with Crippen molar-refractivity contribution in [3.05, 3.63) is 54.1 Å². The number of rotatable bonds is 6. The van der Waals surface area contributed by atoms with Gasteiger partial charge in [0.25, 0.3) is 0 Å². The number of pyridine rings is 1. The molecule has 0 unspecified atom stereocenters. The zero-order valence-corrected chi connectivity index (χ0v) is 18.5. The van der Waals surface area contributed by atoms with Gasteiger partial charge in [-0.05, 0) is 70.0 Å². The molecule has 1 aromatic carbocycles. The number of hydrogen-bond acceptors (Lipinski definition) is 5. The van der Waals surface area contributed by atoms with Gasteiger partial charge in [0.15, 0.2) is 0 Å². The minimum atomic E-state index is -3.59. The number of carbonyl (C=O) groups is 1. The summed E-state index contributed by atoms with van der Waals surface area (Å²) in [5.41, 5.74) is 0.627. The van der Waals surface area contributed by atoms with Gasteiger partial charge in [-0.25, -0.2) is 8.42 Å². The van der Waals surface area contributed by atoms with Crippen molar-refractivity contribution in [1.29, 1.82) is 0 Å². The number of piperidine rings is 1. The Morgan fingerprint density at radius 1 is 1.13 bits per heavy atom. The van der Waals surface area contributed by atoms with Gasteiger partial charge in [-0.15, -0.1) is 0 Å². The zero-order valence-electron chi connectivity index (χ0n) is 17.7. The summed E-state index contributed by atoms with van der Waals surface area (Å²) in [6.07, 6.45) is 2.70. The Kier molecular flexibility index (Phi) is 7.10. The second-order valence-corrected chi connectivity index (χ2v) is 9.51. The minimum absolute atomic E-state index is 0.0342. The van der Waals surface area contributed by atoms with E-state index in [-0.39, 0.29) is 22.8 Å². The molecule has 0 N–H and O–H groups in total. The Morgan fingerprint density at radius 2 is 1.80 bits per heavy atom. The van der Waals surface area contributed by atoms with Crippen molar-refractivity contribution in [2.24, 2.45) is 10.9 Å². The lowest BCUT2D eigenvalue weighted by Gasteiger charge is -2.30. The number of sulfonamides is 1. The van der Waals surface area contributed by atoms with E-state index in [1.807, 2.05) is 39.0 Å². The highest BCUT2D eigenvalue weighted by atomic mass is 32.2. The van der Waals surface area contributed by atoms with Crippen LogP contribution in [0.4, 0.5) is 0 Å². The molecule has 8 heteroatoms. The standard InChI is InChI=1S/C22H29N3O4S/c1-4-29-19-8-10-20(11-9-19)30(27,28)24-15-12-18(13-16-24)22(26)25-14-6-5-7-21(25)23-17(2)3/h5-11,14,17-18H,4,12-13,15-16H2,1-3H3. The zero-order chi connectivity index (χ0) is 21.7. The molecular weight excluding hydrogens is 402 g/mol. The van der Waals surface area contributed by atoms with Gasteiger partial charge in [0.05, 0.1) is 11.5 Å². The maximum atomic E-state index is 13.0. The van der Waals surface area contributed by atoms with Crippen LogP contribution in [0.3, 0.4) is 0 Å². The first-order valence-electron chi connectivity index (χ1n) is 10.3. The van der Waals surface area contributed by atoms with Crippen LogP contribution in [-0.2, 0) is 10.0 Å². The predicted octanol–water partition coefficient (Wildman–Crippen LogP) is 2.94. The van der Waals surface area contributed by atoms with Gasteiger partial charge in [-0.2, -0.15) is 4.31 Å². The number of carbonyl (C=O) groups excluding carboxylic acids is 1. The first kappa shape index (κ1) is 22.2. The molecule has 7 nitrogen and oxygen atoms in total. The molecule has 1 aliphatic rings. The maximum Gasteiger partial charge on any atom is 0.243 e. The average Bonchev–Trinajstić information content (AvgIpc) is 2.74. The molecule has 1 aromatic heterocycles. The molecule has 0 amide bonds. The summed E-state index contributed by atoms with van der Waals surface area (Å²) < 4.78 is 34.3. The van der Waals surface area contributed by atoms with E-state index in [1.54, 1.807) is 35.0 Å². The Hall–Kier alpha value is -2.45. The van der Waals surface area contributed by atoms with Crippen molar-refractivity contribution in [3.63, 3.8) is 0 Å². The monoisotopic (exact) mass is 431 g/mol. The molecule has 0 bridgehead atoms. The van der Waals surface area contributed by atoms with Gasteiger partial charge in [0, 0.05) is 31.2 Å². The summed E-state index contributed by atoms with van der Waals surface area (Å²) in [6.45, 7) is 6.97. The summed E-state index contributed by atoms with van der Waals surface area (Å²) in [6, 6.07) is 12.0. The second-order valence-electron chi connectivity index (χ2n) is 7.57. The predicted molar refractivity (Wildman–Crippen MR) is 115 cm³/mol. The normalized spacial score (nSPS) is 16.7. The quantitative estimate of drug-likeness (QED) is 0.704. The summed E-state index contributed by atoms with van der Waals surface area (Å²) in [4.78, 5) is 17.8. The Balaban J connectivity index is 1.71. The Bertz CT molecular complexity index is 1030. The fraction of sp³-hybridized carbons (Fsp3) is 0.455. The topological polar surface area (TPSA) is 81.0 Å². The molecule has 30 heavy (non-hydrogen) atoms. The molecule has 1 aliphatic heterocycles. The highest BCUT2D eigenvalue weighted by Gasteiger charge is 2.32. The Labute approximate surface area is 178 Å². The van der Waals surface area contributed by atoms with E-state index in [9.17, 15) is 13.2 Å². The number of benzene rings is 1. The highest BCUT2D eigenvalue weighted by Crippen LogP contribution is 2.25. The van der Waals surface area contributed by atoms with Gasteiger partial charge >= 0.3 is 0 Å². The van der Waals surface area contributed by atoms with E-state index in [0.29, 0.717) is 43.8 Å². The van der Waals surface area contributed by atoms with Crippen LogP contribution in [0.1, 0.15) is 38.4 Å². The maximum absolute atomic E-state index is 13.0. The molecule has 3 rings (SSSR count). The van der Waals surface area contributed by atoms with Crippen LogP contribution in [0.2, 0.25) is 0 Å². The molecule has 0 atom stereocenters. The molecule has 0 aliphatic carbocycles. The van der Waals surface area contributed by atoms with Crippen molar-refractivity contribution in [2.45, 2.75) is 44.6 Å². The third-order valence-corrected chi connectivity index (χ3v) is 6.95. The van der Waals surface area contributed by atoms with Gasteiger partial charge < -0.3 is 4.74 Å². The molecule has 162 valence electrons. The lowest BCUT2D eigenvalue weighted by molar-refractivity contribution is 0.0781. The number of ether oxygens (including phenoxy) is 1. The van der Waals surface area contributed by atoms with Crippen molar-refractivity contribution < 1.29 is 17.9 Å². The summed E-state index contributed by atoms with van der Waals surface area (Å²) in [5, 5.41) is 0. The van der Waals surface area contributed by atoms with E-state index in [4.69, 9.17) is 4.74 Å². The van der Waals surface area contributed by atoms with Gasteiger partial charge in [-0.3, -0.25) is 14.4 Å². The van der Waals surface area contributed by atoms with Gasteiger partial charge in [0.2, 0.25) is 15.9 Å². The van der Waals surface area contributed by atoms with Crippen molar-refractivity contribution in [3.8, 4) is 5.75 Å². The van der Waals surface area contributed by atoms with Gasteiger partial charge in [-0.1, -0.05) is 6.07 Å². The van der Waals surface area contributed by atoms with E-state index in [0.717, 1.165) is 0 Å². The molecule has 2 aromatic rings. The average molecular weight is 432 g/mol. The Morgan fingerprint density at radius 3 is 2.40 bits per heavy atom. The lowest BCUT2D eigenvalue weighted by atomic mass is 9.97. The van der Waals surface area contributed by atoms with E-state index < -0.39 is 10.0 Å². The third-order valence-electron chi connectivity index (χ3n) is 5.04. The van der Waals surface area contributed by atoms with Gasteiger partial charge in [0.1, 0.15) is 11.2 Å². The number of nitrogens with zero attached hydrogens (tertiary/aromatic N) is 3. The fourth-order valence-electron chi connectivity index (χ4n) is 3.55. The van der Waals surface area contributed by atoms with Crippen LogP contribution < -0.4 is 10.2 Å². The van der Waals surface area contributed by atoms with Crippen LogP contribution in [0, 0.1) is 5.92 Å². The van der Waals surface area contributed by atoms with Crippen LogP contribution >= 0.6 is 0 Å². The highest BCUT2D eigenvalue weighted by molar-refractivity contribution is 7.89. The second kappa shape index (κ2) is 9.57. The summed E-state index contributed by atoms with van der Waals surface area (Å²) in [7, 11) is -3.59. The molecule has 1 fully saturated rings. The third kappa shape index (κ3) is 4.99.